The molecule has 1 atom stereocenters. The van der Waals surface area contributed by atoms with Gasteiger partial charge in [-0.2, -0.15) is 0 Å². The van der Waals surface area contributed by atoms with Gasteiger partial charge < -0.3 is 10.0 Å². The highest BCUT2D eigenvalue weighted by Crippen LogP contribution is 2.28. The molecule has 1 N–H and O–H groups in total. The summed E-state index contributed by atoms with van der Waals surface area (Å²) in [5.41, 5.74) is 1.20. The van der Waals surface area contributed by atoms with Crippen LogP contribution in [0.3, 0.4) is 0 Å². The van der Waals surface area contributed by atoms with Crippen molar-refractivity contribution < 1.29 is 9.90 Å². The fourth-order valence-corrected chi connectivity index (χ4v) is 1.92. The quantitative estimate of drug-likeness (QED) is 0.910. The highest BCUT2D eigenvalue weighted by atomic mass is 16.4. The molecule has 4 nitrogen and oxygen atoms in total. The van der Waals surface area contributed by atoms with Crippen molar-refractivity contribution in [3.63, 3.8) is 0 Å². The molecule has 0 fully saturated rings. The summed E-state index contributed by atoms with van der Waals surface area (Å²) < 4.78 is 0. The molecule has 0 aliphatic carbocycles. The van der Waals surface area contributed by atoms with Gasteiger partial charge >= 0.3 is 5.97 Å². The van der Waals surface area contributed by atoms with Crippen molar-refractivity contribution in [2.75, 3.05) is 11.9 Å². The predicted molar refractivity (Wildman–Crippen MR) is 82.6 cm³/mol. The van der Waals surface area contributed by atoms with Crippen LogP contribution in [0.1, 0.15) is 63.5 Å². The molecule has 1 heterocycles. The highest BCUT2D eigenvalue weighted by molar-refractivity contribution is 5.88. The zero-order valence-electron chi connectivity index (χ0n) is 13.6. The van der Waals surface area contributed by atoms with Crippen LogP contribution in [0.5, 0.6) is 0 Å². The van der Waals surface area contributed by atoms with Crippen molar-refractivity contribution >= 4 is 11.8 Å². The standard InChI is InChI=1S/C16H26N2O2/c1-10(2)13-8-12(15(19)20)9-14(17-13)18(7)11(3)16(4,5)6/h8-11H,1-7H3,(H,19,20). The highest BCUT2D eigenvalue weighted by Gasteiger charge is 2.25. The van der Waals surface area contributed by atoms with E-state index in [0.29, 0.717) is 5.56 Å². The molecule has 0 spiro atoms. The van der Waals surface area contributed by atoms with E-state index in [9.17, 15) is 9.90 Å². The van der Waals surface area contributed by atoms with Gasteiger partial charge in [-0.1, -0.05) is 34.6 Å². The lowest BCUT2D eigenvalue weighted by Gasteiger charge is -2.36. The minimum atomic E-state index is -0.910. The van der Waals surface area contributed by atoms with Crippen molar-refractivity contribution in [2.45, 2.75) is 53.5 Å². The normalized spacial score (nSPS) is 13.4. The number of hydrogen-bond acceptors (Lipinski definition) is 3. The second kappa shape index (κ2) is 5.81. The first-order valence-corrected chi connectivity index (χ1v) is 7.02. The second-order valence-corrected chi connectivity index (χ2v) is 6.75. The van der Waals surface area contributed by atoms with Gasteiger partial charge in [0.1, 0.15) is 5.82 Å². The molecule has 0 saturated heterocycles. The molecule has 4 heteroatoms. The lowest BCUT2D eigenvalue weighted by Crippen LogP contribution is -2.40. The number of aromatic nitrogens is 1. The van der Waals surface area contributed by atoms with Gasteiger partial charge in [-0.25, -0.2) is 9.78 Å². The average molecular weight is 278 g/mol. The van der Waals surface area contributed by atoms with Gasteiger partial charge in [0.25, 0.3) is 0 Å². The molecule has 112 valence electrons. The van der Waals surface area contributed by atoms with Gasteiger partial charge in [-0.3, -0.25) is 0 Å². The van der Waals surface area contributed by atoms with Crippen LogP contribution in [-0.4, -0.2) is 29.1 Å². The number of nitrogens with zero attached hydrogens (tertiary/aromatic N) is 2. The molecule has 1 aromatic rings. The summed E-state index contributed by atoms with van der Waals surface area (Å²) in [6.45, 7) is 12.7. The van der Waals surface area contributed by atoms with Crippen molar-refractivity contribution in [3.8, 4) is 0 Å². The molecule has 1 aromatic heterocycles. The molecule has 0 amide bonds. The molecule has 0 saturated carbocycles. The maximum Gasteiger partial charge on any atom is 0.335 e. The Labute approximate surface area is 121 Å². The van der Waals surface area contributed by atoms with Crippen LogP contribution >= 0.6 is 0 Å². The number of aromatic carboxylic acids is 1. The summed E-state index contributed by atoms with van der Waals surface area (Å²) >= 11 is 0. The van der Waals surface area contributed by atoms with Crippen molar-refractivity contribution in [2.24, 2.45) is 5.41 Å². The molecular formula is C16H26N2O2. The van der Waals surface area contributed by atoms with Crippen LogP contribution in [0.15, 0.2) is 12.1 Å². The zero-order valence-corrected chi connectivity index (χ0v) is 13.6. The Kier molecular flexibility index (Phi) is 4.79. The molecule has 0 aliphatic heterocycles. The first-order chi connectivity index (χ1) is 9.04. The number of rotatable bonds is 4. The minimum absolute atomic E-state index is 0.0909. The molecule has 0 bridgehead atoms. The van der Waals surface area contributed by atoms with E-state index in [4.69, 9.17) is 0 Å². The Bertz CT molecular complexity index is 490. The predicted octanol–water partition coefficient (Wildman–Crippen LogP) is 3.77. The summed E-state index contributed by atoms with van der Waals surface area (Å²) in [7, 11) is 1.97. The lowest BCUT2D eigenvalue weighted by atomic mass is 9.87. The van der Waals surface area contributed by atoms with E-state index in [1.807, 2.05) is 20.9 Å². The third-order valence-corrected chi connectivity index (χ3v) is 3.87. The van der Waals surface area contributed by atoms with E-state index in [0.717, 1.165) is 11.5 Å². The first kappa shape index (κ1) is 16.5. The average Bonchev–Trinajstić information content (AvgIpc) is 2.35. The molecule has 20 heavy (non-hydrogen) atoms. The van der Waals surface area contributed by atoms with Gasteiger partial charge in [-0.15, -0.1) is 0 Å². The van der Waals surface area contributed by atoms with E-state index in [-0.39, 0.29) is 17.4 Å². The molecule has 0 aliphatic rings. The Morgan fingerprint density at radius 1 is 1.25 bits per heavy atom. The number of carbonyl (C=O) groups is 1. The van der Waals surface area contributed by atoms with Crippen LogP contribution in [0.2, 0.25) is 0 Å². The van der Waals surface area contributed by atoms with Gasteiger partial charge in [0.2, 0.25) is 0 Å². The van der Waals surface area contributed by atoms with Gasteiger partial charge in [-0.05, 0) is 30.4 Å². The van der Waals surface area contributed by atoms with Gasteiger partial charge in [0.15, 0.2) is 0 Å². The van der Waals surface area contributed by atoms with Crippen LogP contribution in [0, 0.1) is 5.41 Å². The van der Waals surface area contributed by atoms with Crippen molar-refractivity contribution in [1.29, 1.82) is 0 Å². The summed E-state index contributed by atoms with van der Waals surface area (Å²) in [6.07, 6.45) is 0. The van der Waals surface area contributed by atoms with Crippen molar-refractivity contribution in [3.05, 3.63) is 23.4 Å². The molecule has 0 aromatic carbocycles. The SMILES string of the molecule is CC(C)c1cc(C(=O)O)cc(N(C)C(C)C(C)(C)C)n1. The van der Waals surface area contributed by atoms with E-state index < -0.39 is 5.97 Å². The number of carboxylic acids is 1. The Balaban J connectivity index is 3.26. The maximum absolute atomic E-state index is 11.3. The largest absolute Gasteiger partial charge is 0.478 e. The smallest absolute Gasteiger partial charge is 0.335 e. The summed E-state index contributed by atoms with van der Waals surface area (Å²) in [6, 6.07) is 3.56. The number of anilines is 1. The van der Waals surface area contributed by atoms with Crippen LogP contribution in [-0.2, 0) is 0 Å². The summed E-state index contributed by atoms with van der Waals surface area (Å²) in [5.74, 6) is 0.00906. The number of hydrogen-bond donors (Lipinski definition) is 1. The second-order valence-electron chi connectivity index (χ2n) is 6.75. The van der Waals surface area contributed by atoms with E-state index in [1.165, 1.54) is 0 Å². The first-order valence-electron chi connectivity index (χ1n) is 7.02. The topological polar surface area (TPSA) is 53.4 Å². The van der Waals surface area contributed by atoms with E-state index >= 15 is 0 Å². The third-order valence-electron chi connectivity index (χ3n) is 3.87. The Hall–Kier alpha value is -1.58. The minimum Gasteiger partial charge on any atom is -0.478 e. The third kappa shape index (κ3) is 3.71. The summed E-state index contributed by atoms with van der Waals surface area (Å²) in [5, 5.41) is 9.25. The molecule has 1 rings (SSSR count). The van der Waals surface area contributed by atoms with E-state index in [2.05, 4.69) is 37.6 Å². The van der Waals surface area contributed by atoms with Crippen molar-refractivity contribution in [1.82, 2.24) is 4.98 Å². The summed E-state index contributed by atoms with van der Waals surface area (Å²) in [4.78, 5) is 17.9. The number of carboxylic acid groups (broad SMARTS) is 1. The van der Waals surface area contributed by atoms with E-state index in [1.54, 1.807) is 12.1 Å². The Morgan fingerprint density at radius 2 is 1.80 bits per heavy atom. The zero-order chi connectivity index (χ0) is 15.7. The fourth-order valence-electron chi connectivity index (χ4n) is 1.92. The van der Waals surface area contributed by atoms with Gasteiger partial charge in [0.05, 0.1) is 5.56 Å². The molecule has 0 radical (unpaired) electrons. The number of pyridine rings is 1. The van der Waals surface area contributed by atoms with Crippen LogP contribution in [0.25, 0.3) is 0 Å². The van der Waals surface area contributed by atoms with Crippen LogP contribution in [0.4, 0.5) is 5.82 Å². The molecule has 1 unspecified atom stereocenters. The van der Waals surface area contributed by atoms with Gasteiger partial charge in [0, 0.05) is 18.8 Å². The monoisotopic (exact) mass is 278 g/mol. The maximum atomic E-state index is 11.3. The molecular weight excluding hydrogens is 252 g/mol. The van der Waals surface area contributed by atoms with Crippen LogP contribution < -0.4 is 4.90 Å². The Morgan fingerprint density at radius 3 is 2.20 bits per heavy atom. The lowest BCUT2D eigenvalue weighted by molar-refractivity contribution is 0.0696. The fraction of sp³-hybridized carbons (Fsp3) is 0.625.